The maximum atomic E-state index is 3.53. The van der Waals surface area contributed by atoms with Gasteiger partial charge in [0.05, 0.1) is 0 Å². The number of nitrogens with one attached hydrogen (secondary N) is 1. The van der Waals surface area contributed by atoms with E-state index in [-0.39, 0.29) is 0 Å². The highest BCUT2D eigenvalue weighted by molar-refractivity contribution is 7.99. The van der Waals surface area contributed by atoms with Crippen molar-refractivity contribution in [1.82, 2.24) is 15.1 Å². The minimum Gasteiger partial charge on any atom is -0.314 e. The van der Waals surface area contributed by atoms with Crippen LogP contribution in [-0.4, -0.2) is 73.7 Å². The first-order chi connectivity index (χ1) is 8.09. The van der Waals surface area contributed by atoms with Gasteiger partial charge in [-0.2, -0.15) is 11.8 Å². The monoisotopic (exact) mass is 257 g/mol. The zero-order valence-corrected chi connectivity index (χ0v) is 12.5. The highest BCUT2D eigenvalue weighted by Crippen LogP contribution is 2.37. The topological polar surface area (TPSA) is 18.5 Å². The van der Waals surface area contributed by atoms with E-state index in [1.165, 1.54) is 32.4 Å². The highest BCUT2D eigenvalue weighted by Gasteiger charge is 2.42. The van der Waals surface area contributed by atoms with Crippen LogP contribution in [0.25, 0.3) is 0 Å². The van der Waals surface area contributed by atoms with E-state index in [1.54, 1.807) is 0 Å². The van der Waals surface area contributed by atoms with Crippen LogP contribution < -0.4 is 5.32 Å². The predicted octanol–water partition coefficient (Wildman–Crippen LogP) is 1.11. The van der Waals surface area contributed by atoms with Crippen molar-refractivity contribution in [3.8, 4) is 0 Å². The Hall–Kier alpha value is 0.230. The standard InChI is InChI=1S/C13H27N3S/c1-15(2)13(6-5-7-13)10-16(3)11-8-14-9-12(11)17-4/h11-12,14H,5-10H2,1-4H3. The normalized spacial score (nSPS) is 32.1. The summed E-state index contributed by atoms with van der Waals surface area (Å²) in [4.78, 5) is 5.05. The van der Waals surface area contributed by atoms with Gasteiger partial charge >= 0.3 is 0 Å². The Bertz CT molecular complexity index is 253. The van der Waals surface area contributed by atoms with Crippen LogP contribution in [0.5, 0.6) is 0 Å². The van der Waals surface area contributed by atoms with Gasteiger partial charge in [-0.25, -0.2) is 0 Å². The van der Waals surface area contributed by atoms with Gasteiger partial charge in [0.15, 0.2) is 0 Å². The summed E-state index contributed by atoms with van der Waals surface area (Å²) in [6, 6.07) is 0.711. The lowest BCUT2D eigenvalue weighted by atomic mass is 9.75. The molecule has 4 heteroatoms. The van der Waals surface area contributed by atoms with Crippen molar-refractivity contribution < 1.29 is 0 Å². The molecule has 100 valence electrons. The molecule has 0 aromatic heterocycles. The maximum Gasteiger partial charge on any atom is 0.0349 e. The van der Waals surface area contributed by atoms with E-state index in [4.69, 9.17) is 0 Å². The molecular weight excluding hydrogens is 230 g/mol. The van der Waals surface area contributed by atoms with Crippen molar-refractivity contribution in [2.45, 2.75) is 36.1 Å². The number of likely N-dealkylation sites (N-methyl/N-ethyl adjacent to an activating group) is 2. The summed E-state index contributed by atoms with van der Waals surface area (Å²) in [5.41, 5.74) is 0.459. The average Bonchev–Trinajstić information content (AvgIpc) is 2.70. The van der Waals surface area contributed by atoms with Crippen LogP contribution in [-0.2, 0) is 0 Å². The number of hydrogen-bond acceptors (Lipinski definition) is 4. The van der Waals surface area contributed by atoms with E-state index < -0.39 is 0 Å². The van der Waals surface area contributed by atoms with E-state index in [9.17, 15) is 0 Å². The van der Waals surface area contributed by atoms with E-state index in [1.807, 2.05) is 11.8 Å². The molecule has 0 spiro atoms. The molecule has 1 saturated carbocycles. The third-order valence-electron chi connectivity index (χ3n) is 4.77. The Morgan fingerprint density at radius 1 is 1.24 bits per heavy atom. The van der Waals surface area contributed by atoms with Crippen molar-refractivity contribution in [3.05, 3.63) is 0 Å². The average molecular weight is 257 g/mol. The fourth-order valence-electron chi connectivity index (χ4n) is 3.23. The molecular formula is C13H27N3S. The zero-order chi connectivity index (χ0) is 12.5. The Morgan fingerprint density at radius 3 is 2.41 bits per heavy atom. The summed E-state index contributed by atoms with van der Waals surface area (Å²) in [5, 5.41) is 4.29. The van der Waals surface area contributed by atoms with Crippen LogP contribution in [0.15, 0.2) is 0 Å². The van der Waals surface area contributed by atoms with Crippen LogP contribution in [0, 0.1) is 0 Å². The summed E-state index contributed by atoms with van der Waals surface area (Å²) in [6.07, 6.45) is 6.38. The molecule has 2 aliphatic rings. The second-order valence-corrected chi connectivity index (χ2v) is 6.96. The minimum atomic E-state index is 0.459. The smallest absolute Gasteiger partial charge is 0.0349 e. The summed E-state index contributed by atoms with van der Waals surface area (Å²) >= 11 is 2.01. The van der Waals surface area contributed by atoms with Gasteiger partial charge in [-0.05, 0) is 46.7 Å². The molecule has 0 radical (unpaired) electrons. The number of rotatable bonds is 5. The lowest BCUT2D eigenvalue weighted by molar-refractivity contribution is 0.0189. The Balaban J connectivity index is 1.93. The zero-order valence-electron chi connectivity index (χ0n) is 11.7. The fourth-order valence-corrected chi connectivity index (χ4v) is 4.14. The van der Waals surface area contributed by atoms with Gasteiger partial charge < -0.3 is 10.2 Å². The first-order valence-corrected chi connectivity index (χ1v) is 7.99. The molecule has 0 bridgehead atoms. The highest BCUT2D eigenvalue weighted by atomic mass is 32.2. The predicted molar refractivity (Wildman–Crippen MR) is 76.9 cm³/mol. The number of hydrogen-bond donors (Lipinski definition) is 1. The van der Waals surface area contributed by atoms with Gasteiger partial charge in [0.1, 0.15) is 0 Å². The lowest BCUT2D eigenvalue weighted by Crippen LogP contribution is -2.59. The Morgan fingerprint density at radius 2 is 1.94 bits per heavy atom. The van der Waals surface area contributed by atoms with Gasteiger partial charge in [0, 0.05) is 36.5 Å². The first-order valence-electron chi connectivity index (χ1n) is 6.70. The number of nitrogens with zero attached hydrogens (tertiary/aromatic N) is 2. The van der Waals surface area contributed by atoms with Crippen molar-refractivity contribution in [1.29, 1.82) is 0 Å². The molecule has 0 aromatic carbocycles. The van der Waals surface area contributed by atoms with Crippen molar-refractivity contribution in [2.75, 3.05) is 47.0 Å². The maximum absolute atomic E-state index is 3.53. The molecule has 0 aromatic rings. The molecule has 2 rings (SSSR count). The van der Waals surface area contributed by atoms with Gasteiger partial charge in [-0.15, -0.1) is 0 Å². The molecule has 1 heterocycles. The lowest BCUT2D eigenvalue weighted by Gasteiger charge is -2.50. The SMILES string of the molecule is CSC1CNCC1N(C)CC1(N(C)C)CCC1. The molecule has 17 heavy (non-hydrogen) atoms. The molecule has 2 atom stereocenters. The van der Waals surface area contributed by atoms with E-state index in [0.717, 1.165) is 11.8 Å². The van der Waals surface area contributed by atoms with Crippen LogP contribution in [0.4, 0.5) is 0 Å². The van der Waals surface area contributed by atoms with Crippen molar-refractivity contribution in [2.24, 2.45) is 0 Å². The van der Waals surface area contributed by atoms with Gasteiger partial charge in [0.25, 0.3) is 0 Å². The Kier molecular flexibility index (Phi) is 4.40. The second-order valence-electron chi connectivity index (χ2n) is 5.89. The van der Waals surface area contributed by atoms with Crippen LogP contribution in [0.3, 0.4) is 0 Å². The molecule has 2 unspecified atom stereocenters. The largest absolute Gasteiger partial charge is 0.314 e. The van der Waals surface area contributed by atoms with E-state index in [0.29, 0.717) is 11.6 Å². The van der Waals surface area contributed by atoms with Crippen LogP contribution >= 0.6 is 11.8 Å². The third-order valence-corrected chi connectivity index (χ3v) is 5.86. The van der Waals surface area contributed by atoms with Gasteiger partial charge in [0.2, 0.25) is 0 Å². The fraction of sp³-hybridized carbons (Fsp3) is 1.00. The summed E-state index contributed by atoms with van der Waals surface area (Å²) in [7, 11) is 6.79. The molecule has 1 aliphatic heterocycles. The quantitative estimate of drug-likeness (QED) is 0.795. The van der Waals surface area contributed by atoms with E-state index in [2.05, 4.69) is 42.5 Å². The molecule has 3 nitrogen and oxygen atoms in total. The minimum absolute atomic E-state index is 0.459. The third kappa shape index (κ3) is 2.65. The molecule has 1 saturated heterocycles. The second kappa shape index (κ2) is 5.47. The molecule has 2 fully saturated rings. The first kappa shape index (κ1) is 13.7. The van der Waals surface area contributed by atoms with Gasteiger partial charge in [-0.3, -0.25) is 4.90 Å². The van der Waals surface area contributed by atoms with Gasteiger partial charge in [-0.1, -0.05) is 0 Å². The summed E-state index contributed by atoms with van der Waals surface area (Å²) < 4.78 is 0. The molecule has 1 N–H and O–H groups in total. The Labute approximate surface area is 110 Å². The van der Waals surface area contributed by atoms with Crippen LogP contribution in [0.2, 0.25) is 0 Å². The van der Waals surface area contributed by atoms with E-state index >= 15 is 0 Å². The summed E-state index contributed by atoms with van der Waals surface area (Å²) in [6.45, 7) is 3.56. The van der Waals surface area contributed by atoms with Crippen molar-refractivity contribution in [3.63, 3.8) is 0 Å². The summed E-state index contributed by atoms with van der Waals surface area (Å²) in [5.74, 6) is 0. The molecule has 0 amide bonds. The number of thioether (sulfide) groups is 1. The van der Waals surface area contributed by atoms with Crippen molar-refractivity contribution >= 4 is 11.8 Å². The van der Waals surface area contributed by atoms with Crippen LogP contribution in [0.1, 0.15) is 19.3 Å². The molecule has 1 aliphatic carbocycles.